The predicted octanol–water partition coefficient (Wildman–Crippen LogP) is 4.44. The molecule has 0 saturated carbocycles. The summed E-state index contributed by atoms with van der Waals surface area (Å²) in [7, 11) is 0. The van der Waals surface area contributed by atoms with Crippen LogP contribution < -0.4 is 8.61 Å². The first-order valence-electron chi connectivity index (χ1n) is 8.42. The van der Waals surface area contributed by atoms with E-state index in [1.807, 2.05) is 8.61 Å². The van der Waals surface area contributed by atoms with Crippen molar-refractivity contribution in [2.24, 2.45) is 0 Å². The minimum Gasteiger partial charge on any atom is -0.272 e. The number of nitrogens with zero attached hydrogens (tertiary/aromatic N) is 2. The van der Waals surface area contributed by atoms with E-state index in [2.05, 4.69) is 65.8 Å². The second-order valence-corrected chi connectivity index (χ2v) is 8.27. The number of hydrogen-bond acceptors (Lipinski definition) is 1. The van der Waals surface area contributed by atoms with E-state index in [1.54, 1.807) is 0 Å². The molecule has 3 rings (SSSR count). The SMILES string of the molecule is Cc1cc(C)c(N2CCN(c3c(C)cc(C)cc3C)S2=O)c(C)c1. The maximum absolute atomic E-state index is 13.2. The minimum atomic E-state index is -1.19. The van der Waals surface area contributed by atoms with E-state index in [0.29, 0.717) is 0 Å². The van der Waals surface area contributed by atoms with Crippen molar-refractivity contribution in [2.45, 2.75) is 41.5 Å². The van der Waals surface area contributed by atoms with Crippen molar-refractivity contribution < 1.29 is 4.21 Å². The van der Waals surface area contributed by atoms with Crippen LogP contribution in [0.15, 0.2) is 24.3 Å². The fourth-order valence-corrected chi connectivity index (χ4v) is 5.57. The smallest absolute Gasteiger partial charge is 0.225 e. The molecule has 0 bridgehead atoms. The van der Waals surface area contributed by atoms with Gasteiger partial charge in [0.05, 0.1) is 24.5 Å². The first-order valence-corrected chi connectivity index (χ1v) is 9.48. The Morgan fingerprint density at radius 1 is 0.667 bits per heavy atom. The van der Waals surface area contributed by atoms with Crippen LogP contribution in [0.1, 0.15) is 33.4 Å². The molecule has 0 spiro atoms. The molecule has 1 aliphatic rings. The van der Waals surface area contributed by atoms with Crippen molar-refractivity contribution in [3.05, 3.63) is 57.6 Å². The Labute approximate surface area is 148 Å². The standard InChI is InChI=1S/C20H26N2OS/c1-13-9-15(3)19(16(4)10-13)21-7-8-22(24(21)23)20-17(5)11-14(2)12-18(20)6/h9-12H,7-8H2,1-6H3. The Morgan fingerprint density at radius 2 is 0.958 bits per heavy atom. The third kappa shape index (κ3) is 2.84. The van der Waals surface area contributed by atoms with Gasteiger partial charge < -0.3 is 0 Å². The average molecular weight is 343 g/mol. The van der Waals surface area contributed by atoms with Gasteiger partial charge in [-0.1, -0.05) is 35.4 Å². The van der Waals surface area contributed by atoms with Crippen molar-refractivity contribution in [2.75, 3.05) is 21.7 Å². The lowest BCUT2D eigenvalue weighted by Crippen LogP contribution is -2.28. The zero-order valence-electron chi connectivity index (χ0n) is 15.4. The molecule has 0 aliphatic carbocycles. The number of hydrogen-bond donors (Lipinski definition) is 0. The van der Waals surface area contributed by atoms with E-state index in [1.165, 1.54) is 33.4 Å². The molecule has 2 aromatic rings. The first-order chi connectivity index (χ1) is 11.3. The van der Waals surface area contributed by atoms with Crippen LogP contribution in [0, 0.1) is 41.5 Å². The van der Waals surface area contributed by atoms with Crippen LogP contribution in [0.25, 0.3) is 0 Å². The van der Waals surface area contributed by atoms with Gasteiger partial charge in [0.25, 0.3) is 0 Å². The highest BCUT2D eigenvalue weighted by Gasteiger charge is 2.32. The highest BCUT2D eigenvalue weighted by Crippen LogP contribution is 2.35. The van der Waals surface area contributed by atoms with Crippen LogP contribution in [0.2, 0.25) is 0 Å². The van der Waals surface area contributed by atoms with Crippen LogP contribution in [0.5, 0.6) is 0 Å². The molecule has 0 radical (unpaired) electrons. The third-order valence-corrected chi connectivity index (χ3v) is 6.14. The molecule has 1 saturated heterocycles. The van der Waals surface area contributed by atoms with Gasteiger partial charge in [0, 0.05) is 0 Å². The van der Waals surface area contributed by atoms with E-state index in [9.17, 15) is 4.21 Å². The van der Waals surface area contributed by atoms with Crippen LogP contribution >= 0.6 is 0 Å². The largest absolute Gasteiger partial charge is 0.272 e. The minimum absolute atomic E-state index is 0.782. The normalized spacial score (nSPS) is 15.4. The van der Waals surface area contributed by atoms with Gasteiger partial charge in [0.15, 0.2) is 0 Å². The number of anilines is 2. The van der Waals surface area contributed by atoms with Crippen LogP contribution in [-0.4, -0.2) is 17.3 Å². The lowest BCUT2D eigenvalue weighted by molar-refractivity contribution is 0.683. The monoisotopic (exact) mass is 342 g/mol. The summed E-state index contributed by atoms with van der Waals surface area (Å²) >= 11 is -1.19. The Balaban J connectivity index is 2.00. The lowest BCUT2D eigenvalue weighted by atomic mass is 10.0. The van der Waals surface area contributed by atoms with Gasteiger partial charge in [-0.2, -0.15) is 0 Å². The summed E-state index contributed by atoms with van der Waals surface area (Å²) in [5, 5.41) is 0. The molecule has 1 aliphatic heterocycles. The van der Waals surface area contributed by atoms with Gasteiger partial charge in [-0.25, -0.2) is 4.21 Å². The van der Waals surface area contributed by atoms with E-state index in [0.717, 1.165) is 24.5 Å². The van der Waals surface area contributed by atoms with Crippen molar-refractivity contribution in [3.63, 3.8) is 0 Å². The number of aryl methyl sites for hydroxylation is 6. The molecule has 0 unspecified atom stereocenters. The summed E-state index contributed by atoms with van der Waals surface area (Å²) in [6.45, 7) is 14.2. The Kier molecular flexibility index (Phi) is 4.43. The van der Waals surface area contributed by atoms with Gasteiger partial charge in [-0.05, 0) is 63.8 Å². The highest BCUT2D eigenvalue weighted by atomic mass is 32.2. The Morgan fingerprint density at radius 3 is 1.25 bits per heavy atom. The quantitative estimate of drug-likeness (QED) is 0.791. The maximum Gasteiger partial charge on any atom is 0.225 e. The van der Waals surface area contributed by atoms with Gasteiger partial charge in [-0.15, -0.1) is 0 Å². The van der Waals surface area contributed by atoms with Crippen molar-refractivity contribution in [1.82, 2.24) is 0 Å². The van der Waals surface area contributed by atoms with Crippen molar-refractivity contribution in [1.29, 1.82) is 0 Å². The zero-order chi connectivity index (χ0) is 17.6. The molecule has 0 atom stereocenters. The number of benzene rings is 2. The summed E-state index contributed by atoms with van der Waals surface area (Å²) in [6.07, 6.45) is 0. The lowest BCUT2D eigenvalue weighted by Gasteiger charge is -2.25. The molecule has 0 amide bonds. The maximum atomic E-state index is 13.2. The van der Waals surface area contributed by atoms with Crippen LogP contribution in [-0.2, 0) is 11.2 Å². The molecule has 0 aromatic heterocycles. The molecule has 4 heteroatoms. The summed E-state index contributed by atoms with van der Waals surface area (Å²) in [5.74, 6) is 0. The van der Waals surface area contributed by atoms with E-state index >= 15 is 0 Å². The number of rotatable bonds is 2. The van der Waals surface area contributed by atoms with E-state index in [-0.39, 0.29) is 0 Å². The summed E-state index contributed by atoms with van der Waals surface area (Å²) in [4.78, 5) is 0. The molecule has 2 aromatic carbocycles. The molecular weight excluding hydrogens is 316 g/mol. The van der Waals surface area contributed by atoms with Crippen LogP contribution in [0.3, 0.4) is 0 Å². The molecule has 128 valence electrons. The van der Waals surface area contributed by atoms with Crippen LogP contribution in [0.4, 0.5) is 11.4 Å². The second kappa shape index (κ2) is 6.25. The molecule has 24 heavy (non-hydrogen) atoms. The summed E-state index contributed by atoms with van der Waals surface area (Å²) in [5.41, 5.74) is 9.51. The van der Waals surface area contributed by atoms with Gasteiger partial charge in [0.2, 0.25) is 11.2 Å². The Hall–Kier alpha value is -1.81. The average Bonchev–Trinajstić information content (AvgIpc) is 2.79. The van der Waals surface area contributed by atoms with Gasteiger partial charge in [-0.3, -0.25) is 8.61 Å². The first kappa shape index (κ1) is 17.0. The highest BCUT2D eigenvalue weighted by molar-refractivity contribution is 7.88. The third-order valence-electron chi connectivity index (χ3n) is 4.65. The molecule has 3 nitrogen and oxygen atoms in total. The summed E-state index contributed by atoms with van der Waals surface area (Å²) < 4.78 is 17.3. The fraction of sp³-hybridized carbons (Fsp3) is 0.400. The van der Waals surface area contributed by atoms with Crippen molar-refractivity contribution >= 4 is 22.5 Å². The molecular formula is C20H26N2OS. The van der Waals surface area contributed by atoms with Gasteiger partial charge >= 0.3 is 0 Å². The summed E-state index contributed by atoms with van der Waals surface area (Å²) in [6, 6.07) is 8.68. The van der Waals surface area contributed by atoms with E-state index in [4.69, 9.17) is 0 Å². The predicted molar refractivity (Wildman–Crippen MR) is 104 cm³/mol. The Bertz CT molecular complexity index is 715. The molecule has 1 heterocycles. The zero-order valence-corrected chi connectivity index (χ0v) is 16.3. The van der Waals surface area contributed by atoms with Crippen molar-refractivity contribution in [3.8, 4) is 0 Å². The van der Waals surface area contributed by atoms with Gasteiger partial charge in [0.1, 0.15) is 0 Å². The molecule has 0 N–H and O–H groups in total. The molecule has 1 fully saturated rings. The fourth-order valence-electron chi connectivity index (χ4n) is 3.97. The second-order valence-electron chi connectivity index (χ2n) is 6.93. The van der Waals surface area contributed by atoms with E-state index < -0.39 is 11.2 Å². The topological polar surface area (TPSA) is 23.6 Å².